The number of carbonyl (C=O) groups excluding carboxylic acids is 1. The largest absolute Gasteiger partial charge is 0.476 e. The summed E-state index contributed by atoms with van der Waals surface area (Å²) in [5, 5.41) is 11.7. The molecule has 0 aliphatic rings. The minimum Gasteiger partial charge on any atom is -0.476 e. The molecule has 1 atom stereocenters. The average Bonchev–Trinajstić information content (AvgIpc) is 2.75. The van der Waals surface area contributed by atoms with E-state index in [2.05, 4.69) is 5.32 Å². The van der Waals surface area contributed by atoms with Crippen molar-refractivity contribution in [2.75, 3.05) is 26.0 Å². The minimum atomic E-state index is -3.33. The van der Waals surface area contributed by atoms with Crippen LogP contribution in [0.15, 0.2) is 53.4 Å². The van der Waals surface area contributed by atoms with Gasteiger partial charge in [0.2, 0.25) is 6.10 Å². The van der Waals surface area contributed by atoms with Crippen LogP contribution in [0.3, 0.4) is 0 Å². The molecule has 0 aliphatic heterocycles. The maximum atomic E-state index is 12.7. The van der Waals surface area contributed by atoms with E-state index in [1.54, 1.807) is 50.4 Å². The molecule has 0 spiro atoms. The zero-order valence-electron chi connectivity index (χ0n) is 16.4. The summed E-state index contributed by atoms with van der Waals surface area (Å²) in [5.74, 6) is 0.0696. The Morgan fingerprint density at radius 3 is 2.34 bits per heavy atom. The van der Waals surface area contributed by atoms with Crippen molar-refractivity contribution in [3.63, 3.8) is 0 Å². The molecular formula is C21H24N2O5S. The van der Waals surface area contributed by atoms with Crippen LogP contribution >= 0.6 is 0 Å². The fourth-order valence-corrected chi connectivity index (χ4v) is 3.44. The van der Waals surface area contributed by atoms with Gasteiger partial charge in [-0.25, -0.2) is 8.42 Å². The van der Waals surface area contributed by atoms with Gasteiger partial charge in [-0.3, -0.25) is 4.79 Å². The number of nitrogens with one attached hydrogen (secondary N) is 1. The van der Waals surface area contributed by atoms with E-state index >= 15 is 0 Å². The van der Waals surface area contributed by atoms with Gasteiger partial charge in [0.25, 0.3) is 5.91 Å². The van der Waals surface area contributed by atoms with Crippen LogP contribution in [0, 0.1) is 11.3 Å². The number of rotatable bonds is 10. The smallest absolute Gasteiger partial charge is 0.265 e. The van der Waals surface area contributed by atoms with Gasteiger partial charge in [-0.05, 0) is 42.8 Å². The van der Waals surface area contributed by atoms with Gasteiger partial charge in [-0.15, -0.1) is 0 Å². The van der Waals surface area contributed by atoms with Crippen molar-refractivity contribution in [1.29, 1.82) is 5.26 Å². The summed E-state index contributed by atoms with van der Waals surface area (Å²) >= 11 is 0. The molecule has 8 heteroatoms. The third-order valence-electron chi connectivity index (χ3n) is 4.22. The quantitative estimate of drug-likeness (QED) is 0.597. The molecule has 2 rings (SSSR count). The van der Waals surface area contributed by atoms with Crippen molar-refractivity contribution in [3.05, 3.63) is 59.7 Å². The Kier molecular flexibility index (Phi) is 8.19. The van der Waals surface area contributed by atoms with Crippen molar-refractivity contribution in [3.8, 4) is 11.8 Å². The zero-order chi connectivity index (χ0) is 21.3. The maximum Gasteiger partial charge on any atom is 0.265 e. The number of sulfone groups is 1. The van der Waals surface area contributed by atoms with Gasteiger partial charge >= 0.3 is 0 Å². The second-order valence-electron chi connectivity index (χ2n) is 6.24. The van der Waals surface area contributed by atoms with Crippen LogP contribution in [0.5, 0.6) is 5.75 Å². The van der Waals surface area contributed by atoms with Gasteiger partial charge in [-0.1, -0.05) is 19.1 Å². The van der Waals surface area contributed by atoms with Crippen LogP contribution < -0.4 is 10.1 Å². The molecule has 1 N–H and O–H groups in total. The number of hydrogen-bond acceptors (Lipinski definition) is 6. The van der Waals surface area contributed by atoms with E-state index in [4.69, 9.17) is 14.7 Å². The molecule has 0 aromatic heterocycles. The Labute approximate surface area is 171 Å². The number of methoxy groups -OCH3 is 1. The minimum absolute atomic E-state index is 0.00248. The van der Waals surface area contributed by atoms with Crippen molar-refractivity contribution < 1.29 is 22.7 Å². The van der Waals surface area contributed by atoms with Crippen molar-refractivity contribution in [2.45, 2.75) is 24.3 Å². The number of nitriles is 1. The van der Waals surface area contributed by atoms with Crippen LogP contribution in [0.2, 0.25) is 0 Å². The van der Waals surface area contributed by atoms with Crippen LogP contribution in [-0.2, 0) is 19.4 Å². The highest BCUT2D eigenvalue weighted by Gasteiger charge is 2.23. The van der Waals surface area contributed by atoms with E-state index < -0.39 is 15.9 Å². The highest BCUT2D eigenvalue weighted by atomic mass is 32.2. The fraction of sp³-hybridized carbons (Fsp3) is 0.333. The lowest BCUT2D eigenvalue weighted by Crippen LogP contribution is -2.33. The molecule has 0 aliphatic carbocycles. The number of hydrogen-bond donors (Lipinski definition) is 1. The Balaban J connectivity index is 2.25. The first-order valence-corrected chi connectivity index (χ1v) is 10.8. The first-order chi connectivity index (χ1) is 13.9. The Bertz CT molecular complexity index is 948. The van der Waals surface area contributed by atoms with Crippen molar-refractivity contribution in [2.24, 2.45) is 0 Å². The lowest BCUT2D eigenvalue weighted by molar-refractivity contribution is -0.128. The molecule has 2 aromatic rings. The highest BCUT2D eigenvalue weighted by molar-refractivity contribution is 7.91. The van der Waals surface area contributed by atoms with Crippen LogP contribution in [0.25, 0.3) is 0 Å². The molecule has 0 fully saturated rings. The summed E-state index contributed by atoms with van der Waals surface area (Å²) in [5.41, 5.74) is 1.00. The van der Waals surface area contributed by atoms with Gasteiger partial charge in [0.1, 0.15) is 5.75 Å². The molecule has 154 valence electrons. The first-order valence-electron chi connectivity index (χ1n) is 9.17. The SMILES string of the molecule is CCS(=O)(=O)c1ccc(C(Oc2ccc(C#N)cc2)C(=O)NCCCOC)cc1. The predicted molar refractivity (Wildman–Crippen MR) is 108 cm³/mol. The second kappa shape index (κ2) is 10.6. The van der Waals surface area contributed by atoms with E-state index in [-0.39, 0.29) is 16.6 Å². The Hall–Kier alpha value is -2.89. The Morgan fingerprint density at radius 1 is 1.14 bits per heavy atom. The molecule has 0 heterocycles. The molecule has 29 heavy (non-hydrogen) atoms. The number of amides is 1. The molecule has 0 radical (unpaired) electrons. The van der Waals surface area contributed by atoms with E-state index in [1.807, 2.05) is 6.07 Å². The normalized spacial score (nSPS) is 12.0. The van der Waals surface area contributed by atoms with E-state index in [0.29, 0.717) is 36.4 Å². The predicted octanol–water partition coefficient (Wildman–Crippen LogP) is 2.62. The number of nitrogens with zero attached hydrogens (tertiary/aromatic N) is 1. The van der Waals surface area contributed by atoms with E-state index in [0.717, 1.165) is 0 Å². The summed E-state index contributed by atoms with van der Waals surface area (Å²) in [7, 11) is -1.75. The highest BCUT2D eigenvalue weighted by Crippen LogP contribution is 2.24. The molecular weight excluding hydrogens is 392 g/mol. The molecule has 7 nitrogen and oxygen atoms in total. The van der Waals surface area contributed by atoms with Gasteiger partial charge in [0.05, 0.1) is 22.3 Å². The third-order valence-corrected chi connectivity index (χ3v) is 5.97. The standard InChI is InChI=1S/C21H24N2O5S/c1-3-29(25,26)19-11-7-17(8-12-19)20(21(24)23-13-4-14-27-2)28-18-9-5-16(15-22)6-10-18/h5-12,20H,3-4,13-14H2,1-2H3,(H,23,24). The lowest BCUT2D eigenvalue weighted by Gasteiger charge is -2.19. The first kappa shape index (κ1) is 22.4. The summed E-state index contributed by atoms with van der Waals surface area (Å²) in [6.45, 7) is 2.51. The van der Waals surface area contributed by atoms with Crippen molar-refractivity contribution in [1.82, 2.24) is 5.32 Å². The molecule has 0 bridgehead atoms. The zero-order valence-corrected chi connectivity index (χ0v) is 17.2. The maximum absolute atomic E-state index is 12.7. The van der Waals surface area contributed by atoms with Gasteiger partial charge < -0.3 is 14.8 Å². The summed E-state index contributed by atoms with van der Waals surface area (Å²) in [6.07, 6.45) is -0.316. The van der Waals surface area contributed by atoms with Gasteiger partial charge in [0, 0.05) is 25.8 Å². The molecule has 0 saturated carbocycles. The summed E-state index contributed by atoms with van der Waals surface area (Å²) < 4.78 is 34.9. The third kappa shape index (κ3) is 6.31. The molecule has 2 aromatic carbocycles. The number of carbonyl (C=O) groups is 1. The van der Waals surface area contributed by atoms with Gasteiger partial charge in [-0.2, -0.15) is 5.26 Å². The monoisotopic (exact) mass is 416 g/mol. The van der Waals surface area contributed by atoms with Crippen molar-refractivity contribution >= 4 is 15.7 Å². The number of benzene rings is 2. The average molecular weight is 416 g/mol. The Morgan fingerprint density at radius 2 is 1.79 bits per heavy atom. The van der Waals surface area contributed by atoms with Crippen LogP contribution in [0.1, 0.15) is 30.6 Å². The van der Waals surface area contributed by atoms with Crippen LogP contribution in [0.4, 0.5) is 0 Å². The van der Waals surface area contributed by atoms with Crippen LogP contribution in [-0.4, -0.2) is 40.3 Å². The molecule has 0 saturated heterocycles. The summed E-state index contributed by atoms with van der Waals surface area (Å²) in [4.78, 5) is 12.9. The topological polar surface area (TPSA) is 105 Å². The molecule has 1 amide bonds. The van der Waals surface area contributed by atoms with E-state index in [9.17, 15) is 13.2 Å². The summed E-state index contributed by atoms with van der Waals surface area (Å²) in [6, 6.07) is 14.5. The molecule has 1 unspecified atom stereocenters. The lowest BCUT2D eigenvalue weighted by atomic mass is 10.1. The number of ether oxygens (including phenoxy) is 2. The second-order valence-corrected chi connectivity index (χ2v) is 8.52. The fourth-order valence-electron chi connectivity index (χ4n) is 2.55. The van der Waals surface area contributed by atoms with Gasteiger partial charge in [0.15, 0.2) is 9.84 Å². The van der Waals surface area contributed by atoms with E-state index in [1.165, 1.54) is 12.1 Å².